The van der Waals surface area contributed by atoms with Crippen molar-refractivity contribution in [2.24, 2.45) is 0 Å². The molecular formula is C25H19Cl3NNaO5. The van der Waals surface area contributed by atoms with Crippen molar-refractivity contribution in [2.75, 3.05) is 13.2 Å². The third-order valence-electron chi connectivity index (χ3n) is 5.42. The summed E-state index contributed by atoms with van der Waals surface area (Å²) in [6.45, 7) is 0.661. The number of rotatable bonds is 7. The zero-order valence-electron chi connectivity index (χ0n) is 18.8. The first kappa shape index (κ1) is 27.7. The number of carboxylic acids is 1. The molecule has 1 aliphatic heterocycles. The van der Waals surface area contributed by atoms with Crippen LogP contribution in [0.1, 0.15) is 33.8 Å². The fourth-order valence-corrected chi connectivity index (χ4v) is 4.28. The van der Waals surface area contributed by atoms with Crippen LogP contribution in [0.2, 0.25) is 15.1 Å². The van der Waals surface area contributed by atoms with Gasteiger partial charge in [-0.2, -0.15) is 0 Å². The first-order valence-electron chi connectivity index (χ1n) is 10.5. The smallest absolute Gasteiger partial charge is 0.549 e. The van der Waals surface area contributed by atoms with Crippen LogP contribution in [-0.4, -0.2) is 25.0 Å². The predicted octanol–water partition coefficient (Wildman–Crippen LogP) is 2.03. The molecule has 1 unspecified atom stereocenters. The monoisotopic (exact) mass is 541 g/mol. The van der Waals surface area contributed by atoms with E-state index < -0.39 is 11.9 Å². The van der Waals surface area contributed by atoms with Crippen LogP contribution in [-0.2, 0) is 11.2 Å². The van der Waals surface area contributed by atoms with Crippen molar-refractivity contribution in [3.8, 4) is 17.2 Å². The Morgan fingerprint density at radius 3 is 2.49 bits per heavy atom. The molecule has 0 aromatic heterocycles. The van der Waals surface area contributed by atoms with Gasteiger partial charge in [-0.1, -0.05) is 34.8 Å². The molecule has 10 heteroatoms. The summed E-state index contributed by atoms with van der Waals surface area (Å²) in [7, 11) is 0. The molecule has 3 aromatic rings. The molecule has 35 heavy (non-hydrogen) atoms. The van der Waals surface area contributed by atoms with E-state index in [9.17, 15) is 14.7 Å². The summed E-state index contributed by atoms with van der Waals surface area (Å²) in [6, 6.07) is 14.9. The number of nitrogens with one attached hydrogen (secondary N) is 1. The zero-order chi connectivity index (χ0) is 24.2. The molecule has 0 saturated carbocycles. The zero-order valence-corrected chi connectivity index (χ0v) is 23.0. The van der Waals surface area contributed by atoms with E-state index in [1.165, 1.54) is 6.07 Å². The van der Waals surface area contributed by atoms with Gasteiger partial charge in [0.1, 0.15) is 17.2 Å². The Labute approximate surface area is 239 Å². The summed E-state index contributed by atoms with van der Waals surface area (Å²) in [5, 5.41) is 15.7. The SMILES string of the molecule is O=C(NCCc1cc(Cl)ccc1Cl)c1ccc(Oc2cc3c(cc2Cl)C(C(=O)[O-])CCO3)cc1.[Na+]. The van der Waals surface area contributed by atoms with Crippen LogP contribution in [0.5, 0.6) is 17.2 Å². The van der Waals surface area contributed by atoms with Crippen molar-refractivity contribution in [3.05, 3.63) is 86.4 Å². The molecule has 1 atom stereocenters. The van der Waals surface area contributed by atoms with E-state index in [0.29, 0.717) is 57.8 Å². The van der Waals surface area contributed by atoms with Crippen molar-refractivity contribution < 1.29 is 53.7 Å². The molecule has 1 N–H and O–H groups in total. The first-order chi connectivity index (χ1) is 16.3. The van der Waals surface area contributed by atoms with E-state index in [4.69, 9.17) is 44.3 Å². The number of halogens is 3. The number of carboxylic acid groups (broad SMARTS) is 1. The summed E-state index contributed by atoms with van der Waals surface area (Å²) >= 11 is 18.5. The minimum Gasteiger partial charge on any atom is -0.549 e. The molecule has 1 heterocycles. The molecule has 0 fully saturated rings. The number of carbonyl (C=O) groups excluding carboxylic acids is 2. The average Bonchev–Trinajstić information content (AvgIpc) is 2.81. The van der Waals surface area contributed by atoms with E-state index in [2.05, 4.69) is 5.32 Å². The maximum Gasteiger partial charge on any atom is 1.00 e. The molecular weight excluding hydrogens is 524 g/mol. The van der Waals surface area contributed by atoms with E-state index >= 15 is 0 Å². The topological polar surface area (TPSA) is 87.7 Å². The van der Waals surface area contributed by atoms with Gasteiger partial charge >= 0.3 is 29.6 Å². The van der Waals surface area contributed by atoms with Crippen molar-refractivity contribution in [1.82, 2.24) is 5.32 Å². The van der Waals surface area contributed by atoms with Gasteiger partial charge in [0.05, 0.1) is 11.6 Å². The number of fused-ring (bicyclic) bond motifs is 1. The van der Waals surface area contributed by atoms with Gasteiger partial charge in [-0.05, 0) is 66.9 Å². The van der Waals surface area contributed by atoms with Crippen LogP contribution in [0, 0.1) is 0 Å². The Hall–Kier alpha value is -1.93. The van der Waals surface area contributed by atoms with Crippen molar-refractivity contribution in [2.45, 2.75) is 18.8 Å². The van der Waals surface area contributed by atoms with E-state index in [1.807, 2.05) is 0 Å². The predicted molar refractivity (Wildman–Crippen MR) is 128 cm³/mol. The van der Waals surface area contributed by atoms with Gasteiger partial charge in [0, 0.05) is 45.7 Å². The molecule has 1 aliphatic rings. The number of carbonyl (C=O) groups is 2. The summed E-state index contributed by atoms with van der Waals surface area (Å²) in [4.78, 5) is 23.8. The maximum absolute atomic E-state index is 12.5. The molecule has 0 radical (unpaired) electrons. The molecule has 0 bridgehead atoms. The van der Waals surface area contributed by atoms with Crippen LogP contribution in [0.15, 0.2) is 54.6 Å². The van der Waals surface area contributed by atoms with Crippen LogP contribution >= 0.6 is 34.8 Å². The number of benzene rings is 3. The normalized spacial score (nSPS) is 14.2. The second-order valence-corrected chi connectivity index (χ2v) is 8.95. The molecule has 3 aromatic carbocycles. The maximum atomic E-state index is 12.5. The largest absolute Gasteiger partial charge is 1.00 e. The Bertz CT molecular complexity index is 1240. The van der Waals surface area contributed by atoms with Gasteiger partial charge in [-0.3, -0.25) is 4.79 Å². The van der Waals surface area contributed by atoms with Crippen LogP contribution < -0.4 is 49.5 Å². The number of amides is 1. The molecule has 0 aliphatic carbocycles. The quantitative estimate of drug-likeness (QED) is 0.462. The van der Waals surface area contributed by atoms with E-state index in [-0.39, 0.29) is 47.1 Å². The molecule has 0 spiro atoms. The van der Waals surface area contributed by atoms with Crippen LogP contribution in [0.4, 0.5) is 0 Å². The fraction of sp³-hybridized carbons (Fsp3) is 0.200. The van der Waals surface area contributed by atoms with Gasteiger partial charge < -0.3 is 24.7 Å². The summed E-state index contributed by atoms with van der Waals surface area (Å²) in [5.74, 6) is -1.01. The van der Waals surface area contributed by atoms with Crippen molar-refractivity contribution in [3.63, 3.8) is 0 Å². The second-order valence-electron chi connectivity index (χ2n) is 7.70. The Morgan fingerprint density at radius 2 is 1.77 bits per heavy atom. The van der Waals surface area contributed by atoms with Gasteiger partial charge in [-0.15, -0.1) is 0 Å². The third kappa shape index (κ3) is 6.85. The minimum absolute atomic E-state index is 0. The summed E-state index contributed by atoms with van der Waals surface area (Å²) < 4.78 is 11.4. The van der Waals surface area contributed by atoms with Gasteiger partial charge in [0.15, 0.2) is 0 Å². The molecule has 6 nitrogen and oxygen atoms in total. The van der Waals surface area contributed by atoms with Gasteiger partial charge in [0.2, 0.25) is 0 Å². The van der Waals surface area contributed by atoms with E-state index in [0.717, 1.165) is 5.56 Å². The number of hydrogen-bond acceptors (Lipinski definition) is 5. The van der Waals surface area contributed by atoms with Crippen LogP contribution in [0.3, 0.4) is 0 Å². The Balaban J connectivity index is 0.00000342. The van der Waals surface area contributed by atoms with E-state index in [1.54, 1.807) is 48.5 Å². The number of ether oxygens (including phenoxy) is 2. The van der Waals surface area contributed by atoms with Crippen molar-refractivity contribution in [1.29, 1.82) is 0 Å². The Kier molecular flexibility index (Phi) is 9.76. The van der Waals surface area contributed by atoms with Gasteiger partial charge in [0.25, 0.3) is 5.91 Å². The van der Waals surface area contributed by atoms with Gasteiger partial charge in [-0.25, -0.2) is 0 Å². The fourth-order valence-electron chi connectivity index (χ4n) is 3.66. The molecule has 1 amide bonds. The Morgan fingerprint density at radius 1 is 1.03 bits per heavy atom. The third-order valence-corrected chi connectivity index (χ3v) is 6.32. The van der Waals surface area contributed by atoms with Crippen LogP contribution in [0.25, 0.3) is 0 Å². The molecule has 176 valence electrons. The first-order valence-corrected chi connectivity index (χ1v) is 11.6. The number of aliphatic carboxylic acids is 1. The average molecular weight is 543 g/mol. The number of hydrogen-bond donors (Lipinski definition) is 1. The second kappa shape index (κ2) is 12.3. The minimum atomic E-state index is -1.17. The standard InChI is InChI=1S/C25H20Cl3NO5.Na/c26-16-3-6-20(27)15(11-16)7-9-29-24(30)14-1-4-17(5-2-14)34-23-13-22-19(12-21(23)28)18(25(31)32)8-10-33-22;/h1-6,11-13,18H,7-10H2,(H,29,30)(H,31,32);/q;+1/p-1. The molecule has 0 saturated heterocycles. The van der Waals surface area contributed by atoms with Crippen molar-refractivity contribution >= 4 is 46.7 Å². The molecule has 4 rings (SSSR count). The summed E-state index contributed by atoms with van der Waals surface area (Å²) in [6.07, 6.45) is 0.867. The summed E-state index contributed by atoms with van der Waals surface area (Å²) in [5.41, 5.74) is 1.78.